The van der Waals surface area contributed by atoms with Gasteiger partial charge in [0.1, 0.15) is 24.4 Å². The minimum atomic E-state index is -1.55. The molecule has 9 heteroatoms. The van der Waals surface area contributed by atoms with Crippen LogP contribution in [0.15, 0.2) is 0 Å². The smallest absolute Gasteiger partial charge is 0.220 e. The minimum Gasteiger partial charge on any atom is -0.394 e. The van der Waals surface area contributed by atoms with Crippen molar-refractivity contribution in [3.05, 3.63) is 0 Å². The highest BCUT2D eigenvalue weighted by molar-refractivity contribution is 5.76. The number of amides is 1. The van der Waals surface area contributed by atoms with Crippen molar-refractivity contribution in [2.75, 3.05) is 13.2 Å². The number of carbonyl (C=O) groups excluding carboxylic acids is 1. The fraction of sp³-hybridized carbons (Fsp3) is 0.978. The van der Waals surface area contributed by atoms with Crippen molar-refractivity contribution in [2.24, 2.45) is 0 Å². The molecule has 0 radical (unpaired) electrons. The fourth-order valence-electron chi connectivity index (χ4n) is 7.87. The maximum atomic E-state index is 13.0. The zero-order valence-electron chi connectivity index (χ0n) is 36.0. The van der Waals surface area contributed by atoms with Gasteiger partial charge < -0.3 is 40.3 Å². The molecular weight excluding hydrogens is 695 g/mol. The summed E-state index contributed by atoms with van der Waals surface area (Å²) in [6.07, 6.45) is 34.0. The molecule has 1 aliphatic rings. The number of rotatable bonds is 40. The van der Waals surface area contributed by atoms with Crippen molar-refractivity contribution in [1.82, 2.24) is 5.32 Å². The van der Waals surface area contributed by atoms with Gasteiger partial charge in [0.2, 0.25) is 5.91 Å². The summed E-state index contributed by atoms with van der Waals surface area (Å²) in [5.74, 6) is -0.141. The first-order valence-electron chi connectivity index (χ1n) is 23.7. The second-order valence-electron chi connectivity index (χ2n) is 16.9. The van der Waals surface area contributed by atoms with Crippen LogP contribution in [0.2, 0.25) is 0 Å². The van der Waals surface area contributed by atoms with Crippen LogP contribution >= 0.6 is 0 Å². The van der Waals surface area contributed by atoms with E-state index >= 15 is 0 Å². The van der Waals surface area contributed by atoms with Crippen molar-refractivity contribution in [3.8, 4) is 0 Å². The van der Waals surface area contributed by atoms with Crippen LogP contribution in [-0.4, -0.2) is 87.5 Å². The van der Waals surface area contributed by atoms with Crippen LogP contribution in [0.25, 0.3) is 0 Å². The summed E-state index contributed by atoms with van der Waals surface area (Å²) < 4.78 is 11.2. The Kier molecular flexibility index (Phi) is 35.6. The van der Waals surface area contributed by atoms with E-state index in [1.807, 2.05) is 0 Å². The van der Waals surface area contributed by atoms with Crippen molar-refractivity contribution >= 4 is 5.91 Å². The molecule has 1 rings (SSSR count). The average molecular weight is 786 g/mol. The number of nitrogens with one attached hydrogen (secondary N) is 1. The van der Waals surface area contributed by atoms with Crippen LogP contribution in [0, 0.1) is 0 Å². The van der Waals surface area contributed by atoms with E-state index in [0.717, 1.165) is 38.5 Å². The number of unbranched alkanes of at least 4 members (excludes halogenated alkanes) is 30. The molecule has 0 aromatic rings. The van der Waals surface area contributed by atoms with Crippen molar-refractivity contribution in [3.63, 3.8) is 0 Å². The van der Waals surface area contributed by atoms with E-state index in [9.17, 15) is 30.3 Å². The zero-order valence-corrected chi connectivity index (χ0v) is 36.0. The van der Waals surface area contributed by atoms with Gasteiger partial charge in [-0.1, -0.05) is 213 Å². The minimum absolute atomic E-state index is 0.132. The van der Waals surface area contributed by atoms with Gasteiger partial charge in [-0.05, 0) is 12.8 Å². The maximum Gasteiger partial charge on any atom is 0.220 e. The van der Waals surface area contributed by atoms with Gasteiger partial charge in [0.15, 0.2) is 6.29 Å². The molecule has 6 N–H and O–H groups in total. The lowest BCUT2D eigenvalue weighted by Crippen LogP contribution is -2.60. The Hall–Kier alpha value is -0.810. The van der Waals surface area contributed by atoms with Crippen LogP contribution in [0.4, 0.5) is 0 Å². The predicted octanol–water partition coefficient (Wildman–Crippen LogP) is 9.95. The summed E-state index contributed by atoms with van der Waals surface area (Å²) >= 11 is 0. The Bertz CT molecular complexity index is 832. The molecule has 7 atom stereocenters. The van der Waals surface area contributed by atoms with Crippen LogP contribution in [0.3, 0.4) is 0 Å². The average Bonchev–Trinajstić information content (AvgIpc) is 3.18. The predicted molar refractivity (Wildman–Crippen MR) is 226 cm³/mol. The number of carbonyl (C=O) groups is 1. The Morgan fingerprint density at radius 2 is 0.909 bits per heavy atom. The molecular formula is C46H91NO8. The van der Waals surface area contributed by atoms with Crippen LogP contribution in [-0.2, 0) is 14.3 Å². The molecule has 0 aliphatic carbocycles. The third-order valence-electron chi connectivity index (χ3n) is 11.7. The van der Waals surface area contributed by atoms with E-state index in [0.29, 0.717) is 12.8 Å². The highest BCUT2D eigenvalue weighted by Gasteiger charge is 2.44. The van der Waals surface area contributed by atoms with E-state index in [1.54, 1.807) is 0 Å². The molecule has 1 heterocycles. The summed E-state index contributed by atoms with van der Waals surface area (Å²) in [5, 5.41) is 54.3. The molecule has 1 aliphatic heterocycles. The van der Waals surface area contributed by atoms with Crippen LogP contribution in [0.1, 0.15) is 232 Å². The van der Waals surface area contributed by atoms with Crippen molar-refractivity contribution in [2.45, 2.75) is 275 Å². The Labute approximate surface area is 338 Å². The quantitative estimate of drug-likeness (QED) is 0.0337. The van der Waals surface area contributed by atoms with E-state index in [1.165, 1.54) is 167 Å². The van der Waals surface area contributed by atoms with Crippen LogP contribution in [0.5, 0.6) is 0 Å². The molecule has 1 fully saturated rings. The lowest BCUT2D eigenvalue weighted by Gasteiger charge is -2.40. The number of aliphatic hydroxyl groups excluding tert-OH is 5. The first-order valence-corrected chi connectivity index (χ1v) is 23.7. The lowest BCUT2D eigenvalue weighted by atomic mass is 9.99. The van der Waals surface area contributed by atoms with Gasteiger partial charge in [0.05, 0.1) is 25.4 Å². The van der Waals surface area contributed by atoms with Gasteiger partial charge in [0, 0.05) is 6.42 Å². The first-order chi connectivity index (χ1) is 26.8. The van der Waals surface area contributed by atoms with Crippen molar-refractivity contribution < 1.29 is 39.8 Å². The van der Waals surface area contributed by atoms with Crippen LogP contribution < -0.4 is 5.32 Å². The molecule has 9 nitrogen and oxygen atoms in total. The summed E-state index contributed by atoms with van der Waals surface area (Å²) in [6.45, 7) is 3.84. The SMILES string of the molecule is CCCCCCCCCCCCCCCCCCCCCCCC(=O)NC(COC1OC(CO)C(O)C(O)C1O)C(O)CCCCCCCCCCCCC. The normalized spacial score (nSPS) is 21.2. The molecule has 0 aromatic carbocycles. The second-order valence-corrected chi connectivity index (χ2v) is 16.9. The second kappa shape index (κ2) is 37.5. The molecule has 0 bridgehead atoms. The third-order valence-corrected chi connectivity index (χ3v) is 11.7. The maximum absolute atomic E-state index is 13.0. The topological polar surface area (TPSA) is 149 Å². The number of aliphatic hydroxyl groups is 5. The largest absolute Gasteiger partial charge is 0.394 e. The summed E-state index contributed by atoms with van der Waals surface area (Å²) in [5.41, 5.74) is 0. The summed E-state index contributed by atoms with van der Waals surface area (Å²) in [4.78, 5) is 13.0. The monoisotopic (exact) mass is 786 g/mol. The summed E-state index contributed by atoms with van der Waals surface area (Å²) in [6, 6.07) is -0.710. The lowest BCUT2D eigenvalue weighted by molar-refractivity contribution is -0.302. The first kappa shape index (κ1) is 52.2. The van der Waals surface area contributed by atoms with Gasteiger partial charge in [-0.25, -0.2) is 0 Å². The molecule has 328 valence electrons. The highest BCUT2D eigenvalue weighted by Crippen LogP contribution is 2.23. The standard InChI is InChI=1S/C46H91NO8/c1-3-5-7-9-11-13-15-16-17-18-19-20-21-22-23-24-26-28-30-32-34-36-42(50)47-39(38-54-46-45(53)44(52)43(51)41(37-48)55-46)40(49)35-33-31-29-27-25-14-12-10-8-6-4-2/h39-41,43-46,48-49,51-53H,3-38H2,1-2H3,(H,47,50). The fourth-order valence-corrected chi connectivity index (χ4v) is 7.87. The van der Waals surface area contributed by atoms with E-state index in [4.69, 9.17) is 9.47 Å². The molecule has 0 spiro atoms. The summed E-state index contributed by atoms with van der Waals surface area (Å²) in [7, 11) is 0. The van der Waals surface area contributed by atoms with E-state index in [2.05, 4.69) is 19.2 Å². The zero-order chi connectivity index (χ0) is 40.2. The third kappa shape index (κ3) is 28.3. The Balaban J connectivity index is 2.24. The molecule has 7 unspecified atom stereocenters. The number of ether oxygens (including phenoxy) is 2. The van der Waals surface area contributed by atoms with Gasteiger partial charge >= 0.3 is 0 Å². The van der Waals surface area contributed by atoms with Crippen molar-refractivity contribution in [1.29, 1.82) is 0 Å². The number of hydrogen-bond acceptors (Lipinski definition) is 8. The van der Waals surface area contributed by atoms with Gasteiger partial charge in [-0.15, -0.1) is 0 Å². The molecule has 0 aromatic heterocycles. The van der Waals surface area contributed by atoms with Gasteiger partial charge in [-0.2, -0.15) is 0 Å². The van der Waals surface area contributed by atoms with Gasteiger partial charge in [0.25, 0.3) is 0 Å². The van der Waals surface area contributed by atoms with E-state index < -0.39 is 49.5 Å². The molecule has 0 saturated carbocycles. The highest BCUT2D eigenvalue weighted by atomic mass is 16.7. The number of hydrogen-bond donors (Lipinski definition) is 6. The molecule has 55 heavy (non-hydrogen) atoms. The molecule has 1 saturated heterocycles. The molecule has 1 amide bonds. The Morgan fingerprint density at radius 1 is 0.545 bits per heavy atom. The van der Waals surface area contributed by atoms with E-state index in [-0.39, 0.29) is 12.5 Å². The Morgan fingerprint density at radius 3 is 1.29 bits per heavy atom. The van der Waals surface area contributed by atoms with Gasteiger partial charge in [-0.3, -0.25) is 4.79 Å².